The van der Waals surface area contributed by atoms with Crippen molar-refractivity contribution in [3.8, 4) is 0 Å². The van der Waals surface area contributed by atoms with Crippen molar-refractivity contribution in [1.29, 1.82) is 0 Å². The molecule has 0 spiro atoms. The van der Waals surface area contributed by atoms with E-state index in [-0.39, 0.29) is 11.6 Å². The van der Waals surface area contributed by atoms with E-state index in [2.05, 4.69) is 86.6 Å². The lowest BCUT2D eigenvalue weighted by molar-refractivity contribution is 0.585. The highest BCUT2D eigenvalue weighted by Crippen LogP contribution is 2.41. The Labute approximate surface area is 196 Å². The van der Waals surface area contributed by atoms with Gasteiger partial charge < -0.3 is 0 Å². The molecule has 3 nitrogen and oxygen atoms in total. The normalized spacial score (nSPS) is 17.3. The van der Waals surface area contributed by atoms with Gasteiger partial charge in [0.2, 0.25) is 0 Å². The molecule has 0 amide bonds. The Morgan fingerprint density at radius 2 is 1.61 bits per heavy atom. The summed E-state index contributed by atoms with van der Waals surface area (Å²) in [7, 11) is 0. The van der Waals surface area contributed by atoms with E-state index in [1.54, 1.807) is 0 Å². The average Bonchev–Trinajstić information content (AvgIpc) is 3.14. The fraction of sp³-hybridized carbons (Fsp3) is 0.172. The molecule has 162 valence electrons. The predicted molar refractivity (Wildman–Crippen MR) is 135 cm³/mol. The molecule has 2 aliphatic rings. The van der Waals surface area contributed by atoms with Crippen LogP contribution in [-0.2, 0) is 6.42 Å². The van der Waals surface area contributed by atoms with Crippen LogP contribution >= 0.6 is 11.3 Å². The third kappa shape index (κ3) is 3.42. The largest absolute Gasteiger partial charge is 0.272 e. The van der Waals surface area contributed by atoms with Crippen molar-refractivity contribution in [2.24, 2.45) is 4.99 Å². The number of aromatic nitrogens is 1. The third-order valence-electron chi connectivity index (χ3n) is 6.64. The lowest BCUT2D eigenvalue weighted by Crippen LogP contribution is -2.38. The van der Waals surface area contributed by atoms with Crippen LogP contribution in [0.15, 0.2) is 88.2 Å². The molecule has 0 saturated carbocycles. The summed E-state index contributed by atoms with van der Waals surface area (Å²) in [5, 5.41) is 0. The van der Waals surface area contributed by atoms with Crippen LogP contribution in [0.5, 0.6) is 0 Å². The van der Waals surface area contributed by atoms with Crippen LogP contribution < -0.4 is 14.9 Å². The highest BCUT2D eigenvalue weighted by molar-refractivity contribution is 7.07. The minimum Gasteiger partial charge on any atom is -0.272 e. The first-order valence-corrected chi connectivity index (χ1v) is 12.2. The molecule has 1 aliphatic heterocycles. The second kappa shape index (κ2) is 7.82. The lowest BCUT2D eigenvalue weighted by atomic mass is 9.83. The zero-order chi connectivity index (χ0) is 22.5. The minimum absolute atomic E-state index is 0.0373. The Bertz CT molecular complexity index is 1590. The molecule has 0 unspecified atom stereocenters. The van der Waals surface area contributed by atoms with Crippen molar-refractivity contribution < 1.29 is 0 Å². The van der Waals surface area contributed by atoms with Crippen LogP contribution in [0.1, 0.15) is 45.8 Å². The number of hydrogen-bond acceptors (Lipinski definition) is 3. The first-order valence-electron chi connectivity index (χ1n) is 11.3. The van der Waals surface area contributed by atoms with Crippen molar-refractivity contribution in [2.45, 2.75) is 32.7 Å². The number of fused-ring (bicyclic) bond motifs is 3. The molecule has 3 aromatic carbocycles. The molecule has 1 aromatic heterocycles. The Kier molecular flexibility index (Phi) is 4.77. The maximum absolute atomic E-state index is 13.7. The van der Waals surface area contributed by atoms with Crippen molar-refractivity contribution in [3.05, 3.63) is 131 Å². The number of rotatable bonds is 2. The van der Waals surface area contributed by atoms with Gasteiger partial charge in [0.25, 0.3) is 5.56 Å². The standard InChI is InChI=1S/C29H24N2OS/c1-18-7-11-20(12-8-18)17-25-28(32)31-27(22-13-9-19(2)10-14-22)24-16-15-21-5-3-4-6-23(21)26(24)30-29(31)33-25/h3-14,17,27H,15-16H2,1-2H3/b25-17+/t27-/m0/s1. The van der Waals surface area contributed by atoms with Gasteiger partial charge in [-0.2, -0.15) is 0 Å². The van der Waals surface area contributed by atoms with Gasteiger partial charge in [0.1, 0.15) is 0 Å². The van der Waals surface area contributed by atoms with Crippen LogP contribution in [-0.4, -0.2) is 4.57 Å². The maximum atomic E-state index is 13.7. The van der Waals surface area contributed by atoms with E-state index in [0.717, 1.165) is 39.0 Å². The summed E-state index contributed by atoms with van der Waals surface area (Å²) < 4.78 is 2.64. The van der Waals surface area contributed by atoms with Crippen LogP contribution in [0.25, 0.3) is 11.8 Å². The summed E-state index contributed by atoms with van der Waals surface area (Å²) in [5.41, 5.74) is 9.46. The molecule has 0 bridgehead atoms. The maximum Gasteiger partial charge on any atom is 0.271 e. The van der Waals surface area contributed by atoms with Gasteiger partial charge in [0, 0.05) is 5.56 Å². The summed E-state index contributed by atoms with van der Waals surface area (Å²) in [6.07, 6.45) is 3.88. The van der Waals surface area contributed by atoms with Gasteiger partial charge >= 0.3 is 0 Å². The van der Waals surface area contributed by atoms with Crippen molar-refractivity contribution in [1.82, 2.24) is 4.57 Å². The van der Waals surface area contributed by atoms with Crippen LogP contribution in [0.2, 0.25) is 0 Å². The molecule has 0 radical (unpaired) electrons. The molecule has 0 N–H and O–H groups in total. The fourth-order valence-electron chi connectivity index (χ4n) is 4.89. The number of allylic oxidation sites excluding steroid dienone is 1. The third-order valence-corrected chi connectivity index (χ3v) is 7.62. The highest BCUT2D eigenvalue weighted by atomic mass is 32.1. The SMILES string of the molecule is Cc1ccc(/C=c2/sc3n(c2=O)[C@@H](c2ccc(C)cc2)C2=C(N=3)c3ccccc3CC2)cc1. The zero-order valence-electron chi connectivity index (χ0n) is 18.7. The molecule has 1 atom stereocenters. The van der Waals surface area contributed by atoms with E-state index in [1.165, 1.54) is 39.2 Å². The second-order valence-electron chi connectivity index (χ2n) is 8.94. The molecule has 4 heteroatoms. The van der Waals surface area contributed by atoms with Crippen LogP contribution in [0.4, 0.5) is 0 Å². The Hall–Kier alpha value is -3.50. The number of thiazole rings is 1. The zero-order valence-corrected chi connectivity index (χ0v) is 19.5. The Morgan fingerprint density at radius 3 is 2.36 bits per heavy atom. The lowest BCUT2D eigenvalue weighted by Gasteiger charge is -2.30. The van der Waals surface area contributed by atoms with Gasteiger partial charge in [0.05, 0.1) is 16.3 Å². The number of aryl methyl sites for hydroxylation is 3. The van der Waals surface area contributed by atoms with Crippen molar-refractivity contribution in [3.63, 3.8) is 0 Å². The van der Waals surface area contributed by atoms with E-state index in [1.807, 2.05) is 10.6 Å². The van der Waals surface area contributed by atoms with Crippen LogP contribution in [0.3, 0.4) is 0 Å². The Balaban J connectivity index is 1.62. The van der Waals surface area contributed by atoms with Gasteiger partial charge in [-0.05, 0) is 55.0 Å². The molecule has 0 fully saturated rings. The Morgan fingerprint density at radius 1 is 0.909 bits per heavy atom. The molecule has 2 heterocycles. The molecule has 0 saturated heterocycles. The van der Waals surface area contributed by atoms with Gasteiger partial charge in [-0.3, -0.25) is 9.36 Å². The van der Waals surface area contributed by atoms with E-state index in [9.17, 15) is 4.79 Å². The summed E-state index contributed by atoms with van der Waals surface area (Å²) >= 11 is 1.49. The summed E-state index contributed by atoms with van der Waals surface area (Å²) in [6, 6.07) is 25.3. The molecular weight excluding hydrogens is 424 g/mol. The van der Waals surface area contributed by atoms with Gasteiger partial charge in [0.15, 0.2) is 4.80 Å². The van der Waals surface area contributed by atoms with E-state index in [4.69, 9.17) is 4.99 Å². The van der Waals surface area contributed by atoms with E-state index < -0.39 is 0 Å². The molecule has 6 rings (SSSR count). The fourth-order valence-corrected chi connectivity index (χ4v) is 5.89. The average molecular weight is 449 g/mol. The number of nitrogens with zero attached hydrogens (tertiary/aromatic N) is 2. The van der Waals surface area contributed by atoms with Gasteiger partial charge in [-0.15, -0.1) is 0 Å². The first-order chi connectivity index (χ1) is 16.1. The van der Waals surface area contributed by atoms with Gasteiger partial charge in [-0.25, -0.2) is 4.99 Å². The van der Waals surface area contributed by atoms with E-state index in [0.29, 0.717) is 0 Å². The predicted octanol–water partition coefficient (Wildman–Crippen LogP) is 4.94. The van der Waals surface area contributed by atoms with Crippen LogP contribution in [0, 0.1) is 13.8 Å². The number of benzene rings is 3. The summed E-state index contributed by atoms with van der Waals surface area (Å²) in [4.78, 5) is 19.6. The smallest absolute Gasteiger partial charge is 0.271 e. The topological polar surface area (TPSA) is 34.4 Å². The highest BCUT2D eigenvalue weighted by Gasteiger charge is 2.32. The summed E-state index contributed by atoms with van der Waals surface area (Å²) in [6.45, 7) is 4.17. The monoisotopic (exact) mass is 448 g/mol. The molecule has 33 heavy (non-hydrogen) atoms. The first kappa shape index (κ1) is 20.1. The number of hydrogen-bond donors (Lipinski definition) is 0. The van der Waals surface area contributed by atoms with E-state index >= 15 is 0 Å². The quantitative estimate of drug-likeness (QED) is 0.428. The minimum atomic E-state index is -0.120. The molecule has 1 aliphatic carbocycles. The van der Waals surface area contributed by atoms with Crippen molar-refractivity contribution in [2.75, 3.05) is 0 Å². The van der Waals surface area contributed by atoms with Gasteiger partial charge in [-0.1, -0.05) is 95.3 Å². The second-order valence-corrected chi connectivity index (χ2v) is 9.94. The molecule has 4 aromatic rings. The summed E-state index contributed by atoms with van der Waals surface area (Å²) in [5.74, 6) is 0. The van der Waals surface area contributed by atoms with Crippen molar-refractivity contribution >= 4 is 23.1 Å². The molecular formula is C29H24N2OS.